The first-order valence-corrected chi connectivity index (χ1v) is 4.15. The van der Waals surface area contributed by atoms with Gasteiger partial charge in [0.1, 0.15) is 0 Å². The molecule has 2 rings (SSSR count). The largest absolute Gasteiger partial charge is 0.385 e. The number of carbonyl (C=O) groups excluding carboxylic acids is 1. The van der Waals surface area contributed by atoms with Crippen LogP contribution in [-0.4, -0.2) is 12.8 Å². The first-order valence-electron chi connectivity index (χ1n) is 4.15. The fourth-order valence-electron chi connectivity index (χ4n) is 1.54. The number of hydrogen-bond acceptors (Lipinski definition) is 2. The van der Waals surface area contributed by atoms with Crippen LogP contribution in [0.15, 0.2) is 18.2 Å². The van der Waals surface area contributed by atoms with E-state index in [0.29, 0.717) is 5.56 Å². The highest BCUT2D eigenvalue weighted by molar-refractivity contribution is 5.77. The lowest BCUT2D eigenvalue weighted by Crippen LogP contribution is -2.11. The summed E-state index contributed by atoms with van der Waals surface area (Å²) in [5.74, 6) is 0. The van der Waals surface area contributed by atoms with Crippen LogP contribution in [0.25, 0.3) is 0 Å². The van der Waals surface area contributed by atoms with Crippen LogP contribution in [0.4, 0.5) is 5.69 Å². The van der Waals surface area contributed by atoms with E-state index in [1.165, 1.54) is 11.3 Å². The number of fused-ring (bicyclic) bond motifs is 1. The third-order valence-electron chi connectivity index (χ3n) is 2.16. The second-order valence-electron chi connectivity index (χ2n) is 3.00. The maximum Gasteiger partial charge on any atom is 0.233 e. The summed E-state index contributed by atoms with van der Waals surface area (Å²) in [5, 5.41) is 3.28. The van der Waals surface area contributed by atoms with Crippen LogP contribution < -0.4 is 5.32 Å². The van der Waals surface area contributed by atoms with Gasteiger partial charge in [-0.3, -0.25) is 4.79 Å². The average molecular weight is 160 g/mol. The van der Waals surface area contributed by atoms with E-state index < -0.39 is 0 Å². The van der Waals surface area contributed by atoms with Crippen molar-refractivity contribution >= 4 is 12.0 Å². The number of anilines is 1. The monoisotopic (exact) mass is 160 g/mol. The second kappa shape index (κ2) is 2.97. The standard InChI is InChI=1S/C10H10NO/c12-7-8-3-4-10-9(6-8)2-1-5-11-10/h3-4,6,11H,1-2,5H2. The molecular weight excluding hydrogens is 150 g/mol. The normalized spacial score (nSPS) is 14.7. The minimum atomic E-state index is 0.650. The van der Waals surface area contributed by atoms with E-state index in [-0.39, 0.29) is 0 Å². The van der Waals surface area contributed by atoms with Gasteiger partial charge in [-0.2, -0.15) is 0 Å². The van der Waals surface area contributed by atoms with Crippen molar-refractivity contribution in [2.24, 2.45) is 0 Å². The Kier molecular flexibility index (Phi) is 1.82. The molecule has 0 amide bonds. The molecule has 0 unspecified atom stereocenters. The lowest BCUT2D eigenvalue weighted by Gasteiger charge is -2.17. The second-order valence-corrected chi connectivity index (χ2v) is 3.00. The molecule has 0 aromatic heterocycles. The molecular formula is C10H10NO. The van der Waals surface area contributed by atoms with Gasteiger partial charge >= 0.3 is 0 Å². The van der Waals surface area contributed by atoms with Crippen molar-refractivity contribution in [3.05, 3.63) is 29.3 Å². The van der Waals surface area contributed by atoms with E-state index in [0.717, 1.165) is 19.4 Å². The fourth-order valence-corrected chi connectivity index (χ4v) is 1.54. The van der Waals surface area contributed by atoms with E-state index >= 15 is 0 Å². The smallest absolute Gasteiger partial charge is 0.233 e. The molecule has 1 aromatic rings. The van der Waals surface area contributed by atoms with Gasteiger partial charge in [0, 0.05) is 17.8 Å². The van der Waals surface area contributed by atoms with Gasteiger partial charge in [-0.1, -0.05) is 0 Å². The summed E-state index contributed by atoms with van der Waals surface area (Å²) < 4.78 is 0. The first-order chi connectivity index (χ1) is 5.90. The van der Waals surface area contributed by atoms with Gasteiger partial charge in [-0.25, -0.2) is 0 Å². The van der Waals surface area contributed by atoms with Crippen molar-refractivity contribution in [2.75, 3.05) is 11.9 Å². The maximum absolute atomic E-state index is 10.3. The summed E-state index contributed by atoms with van der Waals surface area (Å²) in [7, 11) is 0. The molecule has 1 aromatic carbocycles. The lowest BCUT2D eigenvalue weighted by molar-refractivity contribution is 0.562. The molecule has 1 radical (unpaired) electrons. The third kappa shape index (κ3) is 1.20. The zero-order valence-electron chi connectivity index (χ0n) is 6.76. The van der Waals surface area contributed by atoms with Crippen molar-refractivity contribution in [2.45, 2.75) is 12.8 Å². The van der Waals surface area contributed by atoms with Crippen LogP contribution in [0.1, 0.15) is 17.5 Å². The zero-order chi connectivity index (χ0) is 8.39. The summed E-state index contributed by atoms with van der Waals surface area (Å²) in [6, 6.07) is 5.66. The molecule has 0 aliphatic carbocycles. The Labute approximate surface area is 71.6 Å². The summed E-state index contributed by atoms with van der Waals surface area (Å²) in [5.41, 5.74) is 3.06. The minimum Gasteiger partial charge on any atom is -0.385 e. The molecule has 0 saturated heterocycles. The van der Waals surface area contributed by atoms with E-state index in [1.807, 2.05) is 18.4 Å². The Morgan fingerprint density at radius 1 is 1.42 bits per heavy atom. The summed E-state index contributed by atoms with van der Waals surface area (Å²) >= 11 is 0. The highest BCUT2D eigenvalue weighted by Gasteiger charge is 2.07. The van der Waals surface area contributed by atoms with Crippen molar-refractivity contribution in [1.82, 2.24) is 0 Å². The van der Waals surface area contributed by atoms with E-state index in [2.05, 4.69) is 5.32 Å². The van der Waals surface area contributed by atoms with Crippen LogP contribution >= 0.6 is 0 Å². The van der Waals surface area contributed by atoms with Gasteiger partial charge in [0.05, 0.1) is 0 Å². The minimum absolute atomic E-state index is 0.650. The van der Waals surface area contributed by atoms with Crippen LogP contribution in [0.2, 0.25) is 0 Å². The van der Waals surface area contributed by atoms with Gasteiger partial charge in [0.25, 0.3) is 0 Å². The highest BCUT2D eigenvalue weighted by Crippen LogP contribution is 2.21. The van der Waals surface area contributed by atoms with Crippen molar-refractivity contribution in [1.29, 1.82) is 0 Å². The SMILES string of the molecule is O=[C]c1ccc2c(c1)CCCN2. The quantitative estimate of drug-likeness (QED) is 0.674. The molecule has 2 nitrogen and oxygen atoms in total. The van der Waals surface area contributed by atoms with Crippen molar-refractivity contribution in [3.8, 4) is 0 Å². The highest BCUT2D eigenvalue weighted by atomic mass is 16.1. The Balaban J connectivity index is 2.42. The lowest BCUT2D eigenvalue weighted by atomic mass is 10.0. The molecule has 1 N–H and O–H groups in total. The maximum atomic E-state index is 10.3. The van der Waals surface area contributed by atoms with Gasteiger partial charge in [-0.15, -0.1) is 0 Å². The number of aryl methyl sites for hydroxylation is 1. The number of nitrogens with one attached hydrogen (secondary N) is 1. The Hall–Kier alpha value is -1.31. The number of hydrogen-bond donors (Lipinski definition) is 1. The molecule has 1 aliphatic heterocycles. The van der Waals surface area contributed by atoms with Crippen LogP contribution in [-0.2, 0) is 11.2 Å². The Morgan fingerprint density at radius 3 is 3.17 bits per heavy atom. The molecule has 0 atom stereocenters. The molecule has 0 fully saturated rings. The van der Waals surface area contributed by atoms with E-state index in [9.17, 15) is 4.79 Å². The number of benzene rings is 1. The molecule has 0 bridgehead atoms. The van der Waals surface area contributed by atoms with Crippen molar-refractivity contribution < 1.29 is 4.79 Å². The van der Waals surface area contributed by atoms with E-state index in [1.54, 1.807) is 6.07 Å². The fraction of sp³-hybridized carbons (Fsp3) is 0.300. The topological polar surface area (TPSA) is 29.1 Å². The molecule has 1 heterocycles. The van der Waals surface area contributed by atoms with Crippen LogP contribution in [0, 0.1) is 0 Å². The molecule has 1 aliphatic rings. The van der Waals surface area contributed by atoms with Gasteiger partial charge in [-0.05, 0) is 36.6 Å². The summed E-state index contributed by atoms with van der Waals surface area (Å²) in [6.07, 6.45) is 4.11. The molecule has 0 saturated carbocycles. The Bertz CT molecular complexity index is 307. The summed E-state index contributed by atoms with van der Waals surface area (Å²) in [6.45, 7) is 1.04. The number of rotatable bonds is 1. The zero-order valence-corrected chi connectivity index (χ0v) is 6.76. The van der Waals surface area contributed by atoms with Crippen molar-refractivity contribution in [3.63, 3.8) is 0 Å². The van der Waals surface area contributed by atoms with Gasteiger partial charge in [0.15, 0.2) is 0 Å². The molecule has 61 valence electrons. The van der Waals surface area contributed by atoms with Gasteiger partial charge in [0.2, 0.25) is 6.29 Å². The summed E-state index contributed by atoms with van der Waals surface area (Å²) in [4.78, 5) is 10.3. The predicted octanol–water partition coefficient (Wildman–Crippen LogP) is 1.50. The molecule has 2 heteroatoms. The first kappa shape index (κ1) is 7.35. The van der Waals surface area contributed by atoms with E-state index in [4.69, 9.17) is 0 Å². The predicted molar refractivity (Wildman–Crippen MR) is 48.0 cm³/mol. The molecule has 0 spiro atoms. The van der Waals surface area contributed by atoms with Crippen LogP contribution in [0.3, 0.4) is 0 Å². The average Bonchev–Trinajstić information content (AvgIpc) is 2.17. The van der Waals surface area contributed by atoms with Gasteiger partial charge < -0.3 is 5.32 Å². The third-order valence-corrected chi connectivity index (χ3v) is 2.16. The van der Waals surface area contributed by atoms with Crippen LogP contribution in [0.5, 0.6) is 0 Å². The Morgan fingerprint density at radius 2 is 2.33 bits per heavy atom. The molecule has 12 heavy (non-hydrogen) atoms.